The van der Waals surface area contributed by atoms with E-state index in [1.165, 1.54) is 25.7 Å². The van der Waals surface area contributed by atoms with Crippen LogP contribution in [0.4, 0.5) is 0 Å². The maximum atomic E-state index is 12.4. The van der Waals surface area contributed by atoms with Crippen molar-refractivity contribution in [2.24, 2.45) is 11.8 Å². The Morgan fingerprint density at radius 1 is 1.14 bits per heavy atom. The number of rotatable bonds is 6. The van der Waals surface area contributed by atoms with Crippen molar-refractivity contribution in [1.82, 2.24) is 10.0 Å². The predicted octanol–water partition coefficient (Wildman–Crippen LogP) is 2.00. The first-order chi connectivity index (χ1) is 10.1. The van der Waals surface area contributed by atoms with Crippen LogP contribution in [0.3, 0.4) is 0 Å². The lowest BCUT2D eigenvalue weighted by molar-refractivity contribution is 0.372. The molecule has 21 heavy (non-hydrogen) atoms. The third-order valence-electron chi connectivity index (χ3n) is 5.09. The van der Waals surface area contributed by atoms with Crippen LogP contribution in [0.25, 0.3) is 0 Å². The fourth-order valence-corrected chi connectivity index (χ4v) is 5.04. The first-order valence-electron chi connectivity index (χ1n) is 7.94. The molecule has 6 heteroatoms. The molecular weight excluding hydrogens is 288 g/mol. The fraction of sp³-hybridized carbons (Fsp3) is 0.733. The van der Waals surface area contributed by atoms with E-state index in [2.05, 4.69) is 10.0 Å². The average Bonchev–Trinajstić information content (AvgIpc) is 2.89. The summed E-state index contributed by atoms with van der Waals surface area (Å²) in [6.07, 6.45) is 7.01. The molecular formula is C15H22N2O3S. The van der Waals surface area contributed by atoms with Crippen molar-refractivity contribution in [3.8, 4) is 0 Å². The van der Waals surface area contributed by atoms with Crippen molar-refractivity contribution in [3.63, 3.8) is 0 Å². The molecule has 0 aromatic carbocycles. The summed E-state index contributed by atoms with van der Waals surface area (Å²) in [5.74, 6) is 1.93. The number of nitrogens with one attached hydrogen (secondary N) is 2. The van der Waals surface area contributed by atoms with Crippen LogP contribution in [-0.4, -0.2) is 20.5 Å². The van der Waals surface area contributed by atoms with E-state index < -0.39 is 10.0 Å². The van der Waals surface area contributed by atoms with Crippen LogP contribution in [0.1, 0.15) is 44.3 Å². The molecule has 0 saturated heterocycles. The second kappa shape index (κ2) is 5.11. The minimum atomic E-state index is -3.51. The van der Waals surface area contributed by atoms with Crippen molar-refractivity contribution < 1.29 is 12.8 Å². The Bertz CT molecular complexity index is 621. The molecule has 0 aliphatic heterocycles. The molecule has 0 spiro atoms. The molecule has 2 N–H and O–H groups in total. The molecule has 3 fully saturated rings. The van der Waals surface area contributed by atoms with E-state index in [0.29, 0.717) is 24.3 Å². The monoisotopic (exact) mass is 310 g/mol. The molecule has 3 saturated carbocycles. The van der Waals surface area contributed by atoms with E-state index in [-0.39, 0.29) is 11.1 Å². The van der Waals surface area contributed by atoms with Crippen LogP contribution in [0, 0.1) is 11.8 Å². The Balaban J connectivity index is 1.41. The molecule has 4 rings (SSSR count). The average molecular weight is 310 g/mol. The minimum Gasteiger partial charge on any atom is -0.447 e. The zero-order valence-electron chi connectivity index (χ0n) is 12.0. The maximum Gasteiger partial charge on any atom is 0.274 e. The van der Waals surface area contributed by atoms with E-state index in [4.69, 9.17) is 4.42 Å². The topological polar surface area (TPSA) is 71.3 Å². The summed E-state index contributed by atoms with van der Waals surface area (Å²) < 4.78 is 33.2. The number of furan rings is 1. The third-order valence-corrected chi connectivity index (χ3v) is 6.45. The van der Waals surface area contributed by atoms with Crippen molar-refractivity contribution in [2.45, 2.75) is 62.2 Å². The van der Waals surface area contributed by atoms with Gasteiger partial charge in [-0.3, -0.25) is 0 Å². The van der Waals surface area contributed by atoms with Gasteiger partial charge in [0.2, 0.25) is 5.09 Å². The summed E-state index contributed by atoms with van der Waals surface area (Å²) in [5, 5.41) is 3.38. The van der Waals surface area contributed by atoms with Crippen molar-refractivity contribution >= 4 is 10.0 Å². The Hall–Kier alpha value is -0.850. The number of hydrogen-bond acceptors (Lipinski definition) is 4. The molecule has 0 radical (unpaired) electrons. The summed E-state index contributed by atoms with van der Waals surface area (Å²) in [5.41, 5.74) is 0. The van der Waals surface area contributed by atoms with Crippen LogP contribution in [0.2, 0.25) is 0 Å². The fourth-order valence-electron chi connectivity index (χ4n) is 3.78. The standard InChI is InChI=1S/C15H22N2O3S/c18-21(19,17-14-8-10-1-2-11(14)7-10)15-6-5-13(20-15)9-16-12-3-4-12/h5-6,10-12,14,16-17H,1-4,7-9H2. The summed E-state index contributed by atoms with van der Waals surface area (Å²) in [6.45, 7) is 0.605. The van der Waals surface area contributed by atoms with Crippen LogP contribution < -0.4 is 10.0 Å². The van der Waals surface area contributed by atoms with Crippen molar-refractivity contribution in [1.29, 1.82) is 0 Å². The molecule has 116 valence electrons. The highest BCUT2D eigenvalue weighted by atomic mass is 32.2. The van der Waals surface area contributed by atoms with Gasteiger partial charge in [-0.15, -0.1) is 0 Å². The zero-order chi connectivity index (χ0) is 14.4. The molecule has 3 aliphatic rings. The normalized spacial score (nSPS) is 31.9. The number of fused-ring (bicyclic) bond motifs is 2. The van der Waals surface area contributed by atoms with Gasteiger partial charge in [-0.2, -0.15) is 0 Å². The van der Waals surface area contributed by atoms with Gasteiger partial charge < -0.3 is 9.73 Å². The highest BCUT2D eigenvalue weighted by molar-refractivity contribution is 7.89. The van der Waals surface area contributed by atoms with Gasteiger partial charge in [-0.1, -0.05) is 6.42 Å². The molecule has 1 heterocycles. The molecule has 0 amide bonds. The minimum absolute atomic E-state index is 0.0536. The Kier molecular flexibility index (Phi) is 3.35. The van der Waals surface area contributed by atoms with E-state index >= 15 is 0 Å². The second-order valence-corrected chi connectivity index (χ2v) is 8.42. The van der Waals surface area contributed by atoms with E-state index in [9.17, 15) is 8.42 Å². The number of sulfonamides is 1. The maximum absolute atomic E-state index is 12.4. The Morgan fingerprint density at radius 3 is 2.67 bits per heavy atom. The molecule has 3 aliphatic carbocycles. The van der Waals surface area contributed by atoms with Gasteiger partial charge in [0, 0.05) is 12.1 Å². The van der Waals surface area contributed by atoms with E-state index in [1.807, 2.05) is 0 Å². The summed E-state index contributed by atoms with van der Waals surface area (Å²) >= 11 is 0. The number of hydrogen-bond donors (Lipinski definition) is 2. The van der Waals surface area contributed by atoms with Gasteiger partial charge in [-0.25, -0.2) is 13.1 Å². The highest BCUT2D eigenvalue weighted by Crippen LogP contribution is 2.44. The molecule has 5 nitrogen and oxygen atoms in total. The largest absolute Gasteiger partial charge is 0.447 e. The molecule has 1 aromatic rings. The summed E-state index contributed by atoms with van der Waals surface area (Å²) in [7, 11) is -3.51. The molecule has 3 unspecified atom stereocenters. The van der Waals surface area contributed by atoms with Gasteiger partial charge >= 0.3 is 0 Å². The van der Waals surface area contributed by atoms with Crippen molar-refractivity contribution in [3.05, 3.63) is 17.9 Å². The van der Waals surface area contributed by atoms with Gasteiger partial charge in [0.1, 0.15) is 5.76 Å². The second-order valence-electron chi connectivity index (χ2n) is 6.78. The SMILES string of the molecule is O=S(=O)(NC1CC2CCC1C2)c1ccc(CNC2CC2)o1. The predicted molar refractivity (Wildman–Crippen MR) is 78.1 cm³/mol. The van der Waals surface area contributed by atoms with Crippen LogP contribution >= 0.6 is 0 Å². The van der Waals surface area contributed by atoms with Gasteiger partial charge in [-0.05, 0) is 56.1 Å². The molecule has 3 atom stereocenters. The zero-order valence-corrected chi connectivity index (χ0v) is 12.9. The van der Waals surface area contributed by atoms with Gasteiger partial charge in [0.25, 0.3) is 10.0 Å². The molecule has 2 bridgehead atoms. The van der Waals surface area contributed by atoms with Gasteiger partial charge in [0.15, 0.2) is 0 Å². The van der Waals surface area contributed by atoms with Crippen molar-refractivity contribution in [2.75, 3.05) is 0 Å². The quantitative estimate of drug-likeness (QED) is 0.843. The Labute approximate surface area is 125 Å². The summed E-state index contributed by atoms with van der Waals surface area (Å²) in [4.78, 5) is 0. The lowest BCUT2D eigenvalue weighted by Gasteiger charge is -2.21. The van der Waals surface area contributed by atoms with Crippen LogP contribution in [0.5, 0.6) is 0 Å². The Morgan fingerprint density at radius 2 is 2.00 bits per heavy atom. The van der Waals surface area contributed by atoms with Gasteiger partial charge in [0.05, 0.1) is 6.54 Å². The highest BCUT2D eigenvalue weighted by Gasteiger charge is 2.41. The smallest absolute Gasteiger partial charge is 0.274 e. The lowest BCUT2D eigenvalue weighted by Crippen LogP contribution is -2.38. The third kappa shape index (κ3) is 2.89. The molecule has 1 aromatic heterocycles. The lowest BCUT2D eigenvalue weighted by atomic mass is 9.96. The van der Waals surface area contributed by atoms with Crippen LogP contribution in [-0.2, 0) is 16.6 Å². The summed E-state index contributed by atoms with van der Waals surface area (Å²) in [6, 6.07) is 4.01. The van der Waals surface area contributed by atoms with E-state index in [1.54, 1.807) is 12.1 Å². The van der Waals surface area contributed by atoms with E-state index in [0.717, 1.165) is 18.8 Å². The first-order valence-corrected chi connectivity index (χ1v) is 9.43. The van der Waals surface area contributed by atoms with Crippen LogP contribution in [0.15, 0.2) is 21.6 Å². The first kappa shape index (κ1) is 13.8.